The molecule has 0 aliphatic heterocycles. The molecule has 0 aliphatic rings. The van der Waals surface area contributed by atoms with E-state index in [1.807, 2.05) is 12.1 Å². The van der Waals surface area contributed by atoms with E-state index in [0.717, 1.165) is 5.56 Å². The molecule has 17 heavy (non-hydrogen) atoms. The molecular weight excluding hydrogens is 259 g/mol. The first-order valence-corrected chi connectivity index (χ1v) is 5.78. The smallest absolute Gasteiger partial charge is 0.186 e. The van der Waals surface area contributed by atoms with Crippen LogP contribution in [0.15, 0.2) is 30.5 Å². The standard InChI is InChI=1S/C12H10Cl2N2O/c1-16-12(10(14)7-15-16)11(17)6-8-3-2-4-9(13)5-8/h2-5,7H,6H2,1H3. The largest absolute Gasteiger partial charge is 0.292 e. The number of halogens is 2. The van der Waals surface area contributed by atoms with Crippen molar-refractivity contribution in [1.82, 2.24) is 9.78 Å². The van der Waals surface area contributed by atoms with Gasteiger partial charge >= 0.3 is 0 Å². The lowest BCUT2D eigenvalue weighted by atomic mass is 10.1. The Hall–Kier alpha value is -1.32. The van der Waals surface area contributed by atoms with E-state index in [4.69, 9.17) is 23.2 Å². The molecular formula is C12H10Cl2N2O. The van der Waals surface area contributed by atoms with E-state index in [-0.39, 0.29) is 12.2 Å². The highest BCUT2D eigenvalue weighted by atomic mass is 35.5. The van der Waals surface area contributed by atoms with Gasteiger partial charge in [-0.3, -0.25) is 9.48 Å². The summed E-state index contributed by atoms with van der Waals surface area (Å²) in [6, 6.07) is 7.21. The third-order valence-corrected chi connectivity index (χ3v) is 2.92. The molecule has 0 atom stereocenters. The van der Waals surface area contributed by atoms with Gasteiger partial charge in [-0.15, -0.1) is 0 Å². The molecule has 0 spiro atoms. The minimum absolute atomic E-state index is 0.0720. The molecule has 0 fully saturated rings. The normalized spacial score (nSPS) is 10.5. The monoisotopic (exact) mass is 268 g/mol. The van der Waals surface area contributed by atoms with Crippen LogP contribution in [0.2, 0.25) is 10.0 Å². The van der Waals surface area contributed by atoms with Gasteiger partial charge in [0, 0.05) is 18.5 Å². The third-order valence-electron chi connectivity index (χ3n) is 2.41. The zero-order chi connectivity index (χ0) is 12.4. The summed E-state index contributed by atoms with van der Waals surface area (Å²) in [5, 5.41) is 4.93. The van der Waals surface area contributed by atoms with E-state index >= 15 is 0 Å². The lowest BCUT2D eigenvalue weighted by Gasteiger charge is -2.03. The number of aromatic nitrogens is 2. The van der Waals surface area contributed by atoms with Crippen molar-refractivity contribution in [3.05, 3.63) is 51.8 Å². The Morgan fingerprint density at radius 2 is 2.18 bits per heavy atom. The Labute approximate surface area is 109 Å². The van der Waals surface area contributed by atoms with E-state index in [1.54, 1.807) is 19.2 Å². The Morgan fingerprint density at radius 3 is 2.76 bits per heavy atom. The maximum Gasteiger partial charge on any atom is 0.186 e. The fraction of sp³-hybridized carbons (Fsp3) is 0.167. The molecule has 0 radical (unpaired) electrons. The Balaban J connectivity index is 2.23. The fourth-order valence-corrected chi connectivity index (χ4v) is 2.12. The van der Waals surface area contributed by atoms with E-state index in [2.05, 4.69) is 5.10 Å². The number of rotatable bonds is 3. The molecule has 3 nitrogen and oxygen atoms in total. The summed E-state index contributed by atoms with van der Waals surface area (Å²) in [6.45, 7) is 0. The van der Waals surface area contributed by atoms with E-state index in [9.17, 15) is 4.79 Å². The van der Waals surface area contributed by atoms with Crippen LogP contribution in [0.25, 0.3) is 0 Å². The van der Waals surface area contributed by atoms with Crippen molar-refractivity contribution in [3.63, 3.8) is 0 Å². The summed E-state index contributed by atoms with van der Waals surface area (Å²) >= 11 is 11.8. The summed E-state index contributed by atoms with van der Waals surface area (Å²) in [7, 11) is 1.69. The van der Waals surface area contributed by atoms with Gasteiger partial charge in [0.15, 0.2) is 5.78 Å². The predicted octanol–water partition coefficient (Wildman–Crippen LogP) is 3.15. The van der Waals surface area contributed by atoms with Crippen LogP contribution in [0.3, 0.4) is 0 Å². The van der Waals surface area contributed by atoms with Crippen molar-refractivity contribution in [3.8, 4) is 0 Å². The van der Waals surface area contributed by atoms with Crippen molar-refractivity contribution in [2.75, 3.05) is 0 Å². The van der Waals surface area contributed by atoms with Crippen LogP contribution in [0, 0.1) is 0 Å². The third kappa shape index (κ3) is 2.68. The number of Topliss-reactive ketones (excluding diaryl/α,β-unsaturated/α-hetero) is 1. The van der Waals surface area contributed by atoms with Crippen molar-refractivity contribution in [2.45, 2.75) is 6.42 Å². The highest BCUT2D eigenvalue weighted by Crippen LogP contribution is 2.18. The molecule has 88 valence electrons. The van der Waals surface area contributed by atoms with Crippen molar-refractivity contribution in [1.29, 1.82) is 0 Å². The van der Waals surface area contributed by atoms with Crippen molar-refractivity contribution < 1.29 is 4.79 Å². The van der Waals surface area contributed by atoms with Crippen LogP contribution in [-0.4, -0.2) is 15.6 Å². The zero-order valence-electron chi connectivity index (χ0n) is 9.15. The molecule has 0 saturated carbocycles. The molecule has 0 saturated heterocycles. The molecule has 1 heterocycles. The van der Waals surface area contributed by atoms with Crippen LogP contribution in [0.5, 0.6) is 0 Å². The maximum absolute atomic E-state index is 12.0. The number of aryl methyl sites for hydroxylation is 1. The highest BCUT2D eigenvalue weighted by molar-refractivity contribution is 6.33. The summed E-state index contributed by atoms with van der Waals surface area (Å²) < 4.78 is 1.48. The van der Waals surface area contributed by atoms with Gasteiger partial charge in [0.1, 0.15) is 5.69 Å². The quantitative estimate of drug-likeness (QED) is 0.802. The molecule has 0 amide bonds. The van der Waals surface area contributed by atoms with E-state index in [0.29, 0.717) is 15.7 Å². The summed E-state index contributed by atoms with van der Waals surface area (Å²) in [6.07, 6.45) is 1.73. The van der Waals surface area contributed by atoms with Crippen molar-refractivity contribution >= 4 is 29.0 Å². The summed E-state index contributed by atoms with van der Waals surface area (Å²) in [5.41, 5.74) is 1.28. The Morgan fingerprint density at radius 1 is 1.41 bits per heavy atom. The molecule has 0 bridgehead atoms. The molecule has 5 heteroatoms. The minimum Gasteiger partial charge on any atom is -0.292 e. The lowest BCUT2D eigenvalue weighted by Crippen LogP contribution is -2.10. The van der Waals surface area contributed by atoms with Crippen LogP contribution in [0.4, 0.5) is 0 Å². The predicted molar refractivity (Wildman–Crippen MR) is 67.7 cm³/mol. The first-order valence-electron chi connectivity index (χ1n) is 5.03. The first-order chi connectivity index (χ1) is 8.08. The molecule has 1 aromatic heterocycles. The number of carbonyl (C=O) groups is 1. The number of hydrogen-bond acceptors (Lipinski definition) is 2. The van der Waals surface area contributed by atoms with Crippen LogP contribution < -0.4 is 0 Å². The topological polar surface area (TPSA) is 34.9 Å². The zero-order valence-corrected chi connectivity index (χ0v) is 10.7. The molecule has 0 aliphatic carbocycles. The summed E-state index contributed by atoms with van der Waals surface area (Å²) in [5.74, 6) is -0.0720. The molecule has 2 rings (SSSR count). The minimum atomic E-state index is -0.0720. The van der Waals surface area contributed by atoms with Gasteiger partial charge < -0.3 is 0 Å². The van der Waals surface area contributed by atoms with Crippen LogP contribution >= 0.6 is 23.2 Å². The maximum atomic E-state index is 12.0. The number of ketones is 1. The second-order valence-corrected chi connectivity index (χ2v) is 4.54. The lowest BCUT2D eigenvalue weighted by molar-refractivity contribution is 0.0984. The summed E-state index contributed by atoms with van der Waals surface area (Å²) in [4.78, 5) is 12.0. The first kappa shape index (κ1) is 12.1. The fourth-order valence-electron chi connectivity index (χ4n) is 1.64. The second-order valence-electron chi connectivity index (χ2n) is 3.69. The SMILES string of the molecule is Cn1ncc(Cl)c1C(=O)Cc1cccc(Cl)c1. The van der Waals surface area contributed by atoms with Gasteiger partial charge in [0.25, 0.3) is 0 Å². The van der Waals surface area contributed by atoms with Crippen LogP contribution in [0.1, 0.15) is 16.1 Å². The van der Waals surface area contributed by atoms with E-state index in [1.165, 1.54) is 10.9 Å². The van der Waals surface area contributed by atoms with Gasteiger partial charge in [-0.25, -0.2) is 0 Å². The average Bonchev–Trinajstić information content (AvgIpc) is 2.58. The number of benzene rings is 1. The Bertz CT molecular complexity index is 544. The van der Waals surface area contributed by atoms with Gasteiger partial charge in [0.05, 0.1) is 11.2 Å². The second kappa shape index (κ2) is 4.90. The molecule has 0 unspecified atom stereocenters. The number of carbonyl (C=O) groups excluding carboxylic acids is 1. The van der Waals surface area contributed by atoms with Gasteiger partial charge in [0.2, 0.25) is 0 Å². The van der Waals surface area contributed by atoms with Crippen LogP contribution in [-0.2, 0) is 13.5 Å². The molecule has 1 aromatic carbocycles. The number of nitrogens with zero attached hydrogens (tertiary/aromatic N) is 2. The molecule has 0 N–H and O–H groups in total. The van der Waals surface area contributed by atoms with Crippen molar-refractivity contribution in [2.24, 2.45) is 7.05 Å². The van der Waals surface area contributed by atoms with E-state index < -0.39 is 0 Å². The van der Waals surface area contributed by atoms with Gasteiger partial charge in [-0.1, -0.05) is 35.3 Å². The molecule has 2 aromatic rings. The highest BCUT2D eigenvalue weighted by Gasteiger charge is 2.15. The number of hydrogen-bond donors (Lipinski definition) is 0. The Kier molecular flexibility index (Phi) is 3.50. The average molecular weight is 269 g/mol. The van der Waals surface area contributed by atoms with Gasteiger partial charge in [-0.2, -0.15) is 5.10 Å². The van der Waals surface area contributed by atoms with Gasteiger partial charge in [-0.05, 0) is 17.7 Å².